The molecule has 0 spiro atoms. The van der Waals surface area contributed by atoms with E-state index in [-0.39, 0.29) is 29.9 Å². The Balaban J connectivity index is 1.34. The van der Waals surface area contributed by atoms with Crippen molar-refractivity contribution in [3.05, 3.63) is 34.4 Å². The van der Waals surface area contributed by atoms with E-state index < -0.39 is 5.60 Å². The van der Waals surface area contributed by atoms with Gasteiger partial charge in [-0.15, -0.1) is 0 Å². The number of nitrogens with zero attached hydrogens (tertiary/aromatic N) is 1. The van der Waals surface area contributed by atoms with Crippen molar-refractivity contribution in [2.75, 3.05) is 5.32 Å². The standard InChI is InChI=1S/C28H34BrN3O3/c1-28(2,3)35-27(34)32-24-17-9-14-8-16(11-17)23(20(24)10-14)31-25-19-12-18(29)6-7-22(19)30-13-21(25)26(33)15-4-5-15/h6-7,12-17,20,23-24H,4-5,8-11H2,1-3H3,(H,30,31)(H,32,34). The molecule has 7 rings (SSSR count). The number of alkyl carbamates (subject to hydrolysis) is 1. The number of fused-ring (bicyclic) bond motifs is 1. The van der Waals surface area contributed by atoms with Gasteiger partial charge in [0.2, 0.25) is 0 Å². The van der Waals surface area contributed by atoms with Crippen LogP contribution in [0.4, 0.5) is 10.5 Å². The molecule has 1 aromatic carbocycles. The van der Waals surface area contributed by atoms with E-state index in [1.54, 1.807) is 6.20 Å². The summed E-state index contributed by atoms with van der Waals surface area (Å²) in [7, 11) is 0. The Morgan fingerprint density at radius 1 is 1.06 bits per heavy atom. The van der Waals surface area contributed by atoms with Crippen LogP contribution >= 0.6 is 15.9 Å². The lowest BCUT2D eigenvalue weighted by molar-refractivity contribution is -0.0291. The number of halogens is 1. The van der Waals surface area contributed by atoms with Gasteiger partial charge in [-0.1, -0.05) is 15.9 Å². The lowest BCUT2D eigenvalue weighted by Crippen LogP contribution is -2.63. The average Bonchev–Trinajstić information content (AvgIpc) is 3.62. The molecule has 6 unspecified atom stereocenters. The molecule has 35 heavy (non-hydrogen) atoms. The molecule has 4 bridgehead atoms. The zero-order valence-electron chi connectivity index (χ0n) is 20.6. The third kappa shape index (κ3) is 4.45. The minimum absolute atomic E-state index is 0.0950. The number of hydrogen-bond acceptors (Lipinski definition) is 5. The van der Waals surface area contributed by atoms with Crippen LogP contribution in [0.15, 0.2) is 28.9 Å². The molecule has 5 fully saturated rings. The van der Waals surface area contributed by atoms with Gasteiger partial charge < -0.3 is 15.4 Å². The Labute approximate surface area is 215 Å². The maximum Gasteiger partial charge on any atom is 0.407 e. The van der Waals surface area contributed by atoms with Gasteiger partial charge in [0, 0.05) is 40.0 Å². The largest absolute Gasteiger partial charge is 0.444 e. The van der Waals surface area contributed by atoms with E-state index in [1.165, 1.54) is 12.8 Å². The van der Waals surface area contributed by atoms with Crippen molar-refractivity contribution in [3.63, 3.8) is 0 Å². The number of carbonyl (C=O) groups excluding carboxylic acids is 2. The van der Waals surface area contributed by atoms with Crippen LogP contribution in [0.2, 0.25) is 0 Å². The number of benzene rings is 1. The van der Waals surface area contributed by atoms with Gasteiger partial charge in [0.1, 0.15) is 5.60 Å². The molecule has 0 radical (unpaired) electrons. The molecule has 0 aliphatic heterocycles. The fourth-order valence-electron chi connectivity index (χ4n) is 7.05. The SMILES string of the molecule is CC(C)(C)OC(=O)NC1C2CC3CC(C2)C(Nc2c(C(=O)C4CC4)cnc4ccc(Br)cc24)C1C3. The maximum absolute atomic E-state index is 13.3. The summed E-state index contributed by atoms with van der Waals surface area (Å²) in [5, 5.41) is 8.15. The highest BCUT2D eigenvalue weighted by molar-refractivity contribution is 9.10. The molecule has 5 aliphatic rings. The number of rotatable bonds is 5. The van der Waals surface area contributed by atoms with Crippen LogP contribution in [0.3, 0.4) is 0 Å². The van der Waals surface area contributed by atoms with E-state index >= 15 is 0 Å². The van der Waals surface area contributed by atoms with Gasteiger partial charge >= 0.3 is 6.09 Å². The van der Waals surface area contributed by atoms with E-state index in [9.17, 15) is 9.59 Å². The fraction of sp³-hybridized carbons (Fsp3) is 0.607. The van der Waals surface area contributed by atoms with Gasteiger partial charge in [-0.25, -0.2) is 4.79 Å². The lowest BCUT2D eigenvalue weighted by Gasteiger charge is -2.58. The average molecular weight is 541 g/mol. The Morgan fingerprint density at radius 2 is 1.80 bits per heavy atom. The quantitative estimate of drug-likeness (QED) is 0.434. The summed E-state index contributed by atoms with van der Waals surface area (Å²) in [5.74, 6) is 2.43. The number of hydrogen-bond donors (Lipinski definition) is 2. The number of ketones is 1. The van der Waals surface area contributed by atoms with E-state index in [1.807, 2.05) is 32.9 Å². The molecule has 2 aromatic rings. The molecule has 7 heteroatoms. The van der Waals surface area contributed by atoms with E-state index in [4.69, 9.17) is 4.74 Å². The van der Waals surface area contributed by atoms with Crippen LogP contribution in [0.5, 0.6) is 0 Å². The molecular formula is C28H34BrN3O3. The molecule has 0 saturated heterocycles. The van der Waals surface area contributed by atoms with Crippen molar-refractivity contribution >= 4 is 44.4 Å². The Kier molecular flexibility index (Phi) is 5.62. The second-order valence-corrected chi connectivity index (χ2v) is 13.1. The summed E-state index contributed by atoms with van der Waals surface area (Å²) in [6, 6.07) is 6.36. The number of ether oxygens (including phenoxy) is 1. The molecule has 6 nitrogen and oxygen atoms in total. The summed E-state index contributed by atoms with van der Waals surface area (Å²) >= 11 is 3.62. The Bertz CT molecular complexity index is 1190. The number of nitrogens with one attached hydrogen (secondary N) is 2. The summed E-state index contributed by atoms with van der Waals surface area (Å²) in [5.41, 5.74) is 2.00. The van der Waals surface area contributed by atoms with E-state index in [0.717, 1.165) is 52.7 Å². The van der Waals surface area contributed by atoms with Crippen molar-refractivity contribution in [3.8, 4) is 0 Å². The molecule has 5 aliphatic carbocycles. The van der Waals surface area contributed by atoms with Crippen LogP contribution in [-0.4, -0.2) is 34.5 Å². The first-order valence-corrected chi connectivity index (χ1v) is 13.8. The third-order valence-corrected chi connectivity index (χ3v) is 8.95. The first kappa shape index (κ1) is 23.3. The molecule has 5 saturated carbocycles. The normalized spacial score (nSPS) is 31.4. The highest BCUT2D eigenvalue weighted by atomic mass is 79.9. The zero-order valence-corrected chi connectivity index (χ0v) is 22.2. The highest BCUT2D eigenvalue weighted by Crippen LogP contribution is 2.55. The van der Waals surface area contributed by atoms with Crippen molar-refractivity contribution < 1.29 is 14.3 Å². The number of pyridine rings is 1. The van der Waals surface area contributed by atoms with Crippen LogP contribution in [0.1, 0.15) is 69.7 Å². The number of aromatic nitrogens is 1. The Morgan fingerprint density at radius 3 is 2.51 bits per heavy atom. The predicted octanol–water partition coefficient (Wildman–Crippen LogP) is 6.33. The number of amides is 1. The van der Waals surface area contributed by atoms with Gasteiger partial charge in [0.25, 0.3) is 0 Å². The molecule has 186 valence electrons. The first-order chi connectivity index (χ1) is 16.7. The minimum atomic E-state index is -0.519. The topological polar surface area (TPSA) is 80.3 Å². The minimum Gasteiger partial charge on any atom is -0.444 e. The van der Waals surface area contributed by atoms with Gasteiger partial charge in [-0.3, -0.25) is 9.78 Å². The molecule has 6 atom stereocenters. The number of Topliss-reactive ketones (excluding diaryl/α,β-unsaturated/α-hetero) is 1. The van der Waals surface area contributed by atoms with Gasteiger partial charge in [0.15, 0.2) is 5.78 Å². The molecule has 2 N–H and O–H groups in total. The van der Waals surface area contributed by atoms with Gasteiger partial charge in [-0.2, -0.15) is 0 Å². The number of carbonyl (C=O) groups is 2. The van der Waals surface area contributed by atoms with Crippen molar-refractivity contribution in [1.29, 1.82) is 0 Å². The second-order valence-electron chi connectivity index (χ2n) is 12.2. The summed E-state index contributed by atoms with van der Waals surface area (Å²) < 4.78 is 6.60. The third-order valence-electron chi connectivity index (χ3n) is 8.46. The van der Waals surface area contributed by atoms with Crippen molar-refractivity contribution in [2.45, 2.75) is 77.0 Å². The zero-order chi connectivity index (χ0) is 24.5. The van der Waals surface area contributed by atoms with Crippen molar-refractivity contribution in [2.24, 2.45) is 29.6 Å². The second kappa shape index (κ2) is 8.46. The summed E-state index contributed by atoms with van der Waals surface area (Å²) in [6.07, 6.45) is 8.00. The monoisotopic (exact) mass is 539 g/mol. The van der Waals surface area contributed by atoms with Gasteiger partial charge in [0.05, 0.1) is 16.8 Å². The van der Waals surface area contributed by atoms with Gasteiger partial charge in [-0.05, 0) is 95.2 Å². The van der Waals surface area contributed by atoms with Crippen LogP contribution in [0, 0.1) is 29.6 Å². The Hall–Kier alpha value is -2.15. The molecule has 1 aromatic heterocycles. The maximum atomic E-state index is 13.3. The highest BCUT2D eigenvalue weighted by Gasteiger charge is 2.54. The first-order valence-electron chi connectivity index (χ1n) is 13.0. The van der Waals surface area contributed by atoms with Crippen LogP contribution in [-0.2, 0) is 4.74 Å². The fourth-order valence-corrected chi connectivity index (χ4v) is 7.41. The van der Waals surface area contributed by atoms with Crippen LogP contribution in [0.25, 0.3) is 10.9 Å². The molecular weight excluding hydrogens is 506 g/mol. The van der Waals surface area contributed by atoms with E-state index in [2.05, 4.69) is 37.6 Å². The molecule has 1 amide bonds. The van der Waals surface area contributed by atoms with Crippen LogP contribution < -0.4 is 10.6 Å². The summed E-state index contributed by atoms with van der Waals surface area (Å²) in [4.78, 5) is 30.7. The number of anilines is 1. The van der Waals surface area contributed by atoms with Crippen molar-refractivity contribution in [1.82, 2.24) is 10.3 Å². The summed E-state index contributed by atoms with van der Waals surface area (Å²) in [6.45, 7) is 5.71. The van der Waals surface area contributed by atoms with E-state index in [0.29, 0.717) is 23.3 Å². The smallest absolute Gasteiger partial charge is 0.407 e. The predicted molar refractivity (Wildman–Crippen MR) is 139 cm³/mol. The lowest BCUT2D eigenvalue weighted by atomic mass is 9.52. The molecule has 1 heterocycles.